The van der Waals surface area contributed by atoms with Gasteiger partial charge in [-0.15, -0.1) is 0 Å². The number of fused-ring (bicyclic) bond motifs is 4. The van der Waals surface area contributed by atoms with Crippen molar-refractivity contribution in [3.05, 3.63) is 207 Å². The molecule has 75 heavy (non-hydrogen) atoms. The lowest BCUT2D eigenvalue weighted by atomic mass is 9.87. The molecule has 0 unspecified atom stereocenters. The second-order valence-corrected chi connectivity index (χ2v) is 24.3. The lowest BCUT2D eigenvalue weighted by Crippen LogP contribution is -2.44. The summed E-state index contributed by atoms with van der Waals surface area (Å²) in [4.78, 5) is 10.2. The van der Waals surface area contributed by atoms with Crippen LogP contribution in [0.4, 0.5) is 22.7 Å². The highest BCUT2D eigenvalue weighted by molar-refractivity contribution is 5.85. The van der Waals surface area contributed by atoms with Crippen molar-refractivity contribution >= 4 is 45.0 Å². The average molecular weight is 997 g/mol. The third-order valence-electron chi connectivity index (χ3n) is 16.4. The average Bonchev–Trinajstić information content (AvgIpc) is 3.35. The number of ether oxygens (including phenoxy) is 1. The molecule has 0 aromatic heterocycles. The third kappa shape index (κ3) is 10.9. The summed E-state index contributed by atoms with van der Waals surface area (Å²) >= 11 is 0. The first-order chi connectivity index (χ1) is 35.5. The van der Waals surface area contributed by atoms with Gasteiger partial charge in [-0.05, 0) is 215 Å². The van der Waals surface area contributed by atoms with Gasteiger partial charge in [0.15, 0.2) is 0 Å². The first kappa shape index (κ1) is 53.1. The Bertz CT molecular complexity index is 3230. The second kappa shape index (κ2) is 20.4. The van der Waals surface area contributed by atoms with Crippen molar-refractivity contribution in [1.82, 2.24) is 0 Å². The lowest BCUT2D eigenvalue weighted by Gasteiger charge is -2.44. The predicted octanol–water partition coefficient (Wildman–Crippen LogP) is 17.8. The molecule has 0 N–H and O–H groups in total. The van der Waals surface area contributed by atoms with Crippen LogP contribution in [0.3, 0.4) is 0 Å². The molecule has 4 heterocycles. The highest BCUT2D eigenvalue weighted by atomic mass is 16.5. The maximum absolute atomic E-state index is 5.80. The van der Waals surface area contributed by atoms with Crippen molar-refractivity contribution in [3.63, 3.8) is 0 Å². The van der Waals surface area contributed by atoms with Gasteiger partial charge in [0.1, 0.15) is 5.75 Å². The zero-order valence-electron chi connectivity index (χ0n) is 48.3. The fourth-order valence-electron chi connectivity index (χ4n) is 12.4. The Morgan fingerprint density at radius 2 is 0.613 bits per heavy atom. The molecule has 0 amide bonds. The molecule has 5 nitrogen and oxygen atoms in total. The van der Waals surface area contributed by atoms with Crippen LogP contribution in [0.25, 0.3) is 22.3 Å². The van der Waals surface area contributed by atoms with Crippen LogP contribution in [-0.2, 0) is 32.6 Å². The van der Waals surface area contributed by atoms with Crippen LogP contribution in [0, 0.1) is 13.8 Å². The van der Waals surface area contributed by atoms with Crippen LogP contribution >= 0.6 is 0 Å². The maximum atomic E-state index is 5.80. The Balaban J connectivity index is 0.000000184. The molecule has 5 heteroatoms. The zero-order valence-corrected chi connectivity index (χ0v) is 48.3. The molecule has 6 aromatic rings. The SMILES string of the molecule is CCOc1ccc2c(c1)C(C)=CC(C)(C)N2Cc1ccc(CN2c3ccc(C)cc3C(C)=CC2(C)C)cc1.CCc1ccc2c(c1)C(C)=CC(C)(C)N2Cc1ccc(CN2c3ccc(C)cc3C(C)=CC2(C)C)cc1. The van der Waals surface area contributed by atoms with E-state index in [-0.39, 0.29) is 22.2 Å². The Labute approximate surface area is 452 Å². The minimum Gasteiger partial charge on any atom is -0.494 e. The Morgan fingerprint density at radius 3 is 0.933 bits per heavy atom. The summed E-state index contributed by atoms with van der Waals surface area (Å²) in [5, 5.41) is 0. The van der Waals surface area contributed by atoms with Crippen LogP contribution in [0.5, 0.6) is 5.75 Å². The van der Waals surface area contributed by atoms with E-state index < -0.39 is 0 Å². The smallest absolute Gasteiger partial charge is 0.120 e. The molecule has 390 valence electrons. The van der Waals surface area contributed by atoms with Gasteiger partial charge in [0.25, 0.3) is 0 Å². The minimum atomic E-state index is -0.0766. The standard InChI is InChI=1S/C35H42N2O.C35H42N2/c1-9-38-29-15-17-33-31(19-29)26(4)21-35(7,8)37(33)23-28-13-11-27(12-14-28)22-36-32-16-10-24(2)18-30(32)25(3)20-34(36,5)6;1-9-27-15-17-33-31(19-27)26(4)21-35(7,8)37(33)23-29-13-11-28(12-14-29)22-36-32-16-10-24(2)18-30(32)25(3)20-34(36,5)6/h10-21H,9,22-23H2,1-8H3;10-21H,9,22-23H2,1-8H3. The molecule has 0 fully saturated rings. The molecule has 0 saturated heterocycles. The number of hydrogen-bond acceptors (Lipinski definition) is 5. The summed E-state index contributed by atoms with van der Waals surface area (Å²) in [6, 6.07) is 45.7. The largest absolute Gasteiger partial charge is 0.494 e. The molecule has 0 atom stereocenters. The van der Waals surface area contributed by atoms with E-state index in [1.807, 2.05) is 6.92 Å². The van der Waals surface area contributed by atoms with Gasteiger partial charge in [-0.3, -0.25) is 0 Å². The van der Waals surface area contributed by atoms with Gasteiger partial charge in [-0.1, -0.05) is 109 Å². The molecule has 4 aliphatic heterocycles. The summed E-state index contributed by atoms with van der Waals surface area (Å²) < 4.78 is 5.80. The molecule has 6 aromatic carbocycles. The van der Waals surface area contributed by atoms with Crippen molar-refractivity contribution in [2.75, 3.05) is 26.2 Å². The first-order valence-corrected chi connectivity index (χ1v) is 27.6. The topological polar surface area (TPSA) is 22.2 Å². The van der Waals surface area contributed by atoms with Gasteiger partial charge in [-0.2, -0.15) is 0 Å². The maximum Gasteiger partial charge on any atom is 0.120 e. The quantitative estimate of drug-likeness (QED) is 0.129. The van der Waals surface area contributed by atoms with Crippen molar-refractivity contribution in [2.45, 2.75) is 166 Å². The van der Waals surface area contributed by atoms with Crippen molar-refractivity contribution in [2.24, 2.45) is 0 Å². The Hall–Kier alpha value is -6.72. The van der Waals surface area contributed by atoms with Crippen molar-refractivity contribution in [1.29, 1.82) is 0 Å². The molecule has 0 radical (unpaired) electrons. The van der Waals surface area contributed by atoms with Crippen molar-refractivity contribution < 1.29 is 4.74 Å². The molecule has 0 saturated carbocycles. The van der Waals surface area contributed by atoms with Crippen molar-refractivity contribution in [3.8, 4) is 5.75 Å². The van der Waals surface area contributed by atoms with E-state index in [2.05, 4.69) is 269 Å². The van der Waals surface area contributed by atoms with Gasteiger partial charge in [0, 0.05) is 71.2 Å². The van der Waals surface area contributed by atoms with Gasteiger partial charge >= 0.3 is 0 Å². The number of nitrogens with zero attached hydrogens (tertiary/aromatic N) is 4. The number of hydrogen-bond donors (Lipinski definition) is 0. The normalized spacial score (nSPS) is 17.5. The van der Waals surface area contributed by atoms with Crippen LogP contribution < -0.4 is 24.3 Å². The summed E-state index contributed by atoms with van der Waals surface area (Å²) in [7, 11) is 0. The van der Waals surface area contributed by atoms with E-state index in [9.17, 15) is 0 Å². The Kier molecular flexibility index (Phi) is 14.5. The van der Waals surface area contributed by atoms with E-state index in [4.69, 9.17) is 4.74 Å². The van der Waals surface area contributed by atoms with Crippen LogP contribution in [0.2, 0.25) is 0 Å². The monoisotopic (exact) mass is 997 g/mol. The van der Waals surface area contributed by atoms with E-state index in [1.165, 1.54) is 106 Å². The fraction of sp³-hybridized carbons (Fsp3) is 0.371. The van der Waals surface area contributed by atoms with E-state index >= 15 is 0 Å². The van der Waals surface area contributed by atoms with Crippen LogP contribution in [-0.4, -0.2) is 28.8 Å². The van der Waals surface area contributed by atoms with Gasteiger partial charge in [0.2, 0.25) is 0 Å². The minimum absolute atomic E-state index is 0.0336. The zero-order chi connectivity index (χ0) is 53.8. The number of benzene rings is 6. The van der Waals surface area contributed by atoms with E-state index in [0.717, 1.165) is 38.3 Å². The molecule has 4 aliphatic rings. The fourth-order valence-corrected chi connectivity index (χ4v) is 12.4. The predicted molar refractivity (Wildman–Crippen MR) is 324 cm³/mol. The molecule has 0 aliphatic carbocycles. The molecule has 0 bridgehead atoms. The van der Waals surface area contributed by atoms with Gasteiger partial charge in [-0.25, -0.2) is 0 Å². The Morgan fingerprint density at radius 1 is 0.333 bits per heavy atom. The molecular weight excluding hydrogens is 913 g/mol. The van der Waals surface area contributed by atoms with E-state index in [0.29, 0.717) is 6.61 Å². The summed E-state index contributed by atoms with van der Waals surface area (Å²) in [5.41, 5.74) is 25.2. The summed E-state index contributed by atoms with van der Waals surface area (Å²) in [6.45, 7) is 40.3. The first-order valence-electron chi connectivity index (χ1n) is 27.6. The highest BCUT2D eigenvalue weighted by Crippen LogP contribution is 2.45. The molecule has 10 rings (SSSR count). The molecular formula is C70H84N4O. The molecule has 0 spiro atoms. The lowest BCUT2D eigenvalue weighted by molar-refractivity contribution is 0.340. The summed E-state index contributed by atoms with van der Waals surface area (Å²) in [5.74, 6) is 0.936. The summed E-state index contributed by atoms with van der Waals surface area (Å²) in [6.07, 6.45) is 10.7. The van der Waals surface area contributed by atoms with E-state index in [1.54, 1.807) is 0 Å². The second-order valence-electron chi connectivity index (χ2n) is 24.3. The van der Waals surface area contributed by atoms with Gasteiger partial charge in [0.05, 0.1) is 28.8 Å². The van der Waals surface area contributed by atoms with Crippen LogP contribution in [0.15, 0.2) is 146 Å². The highest BCUT2D eigenvalue weighted by Gasteiger charge is 2.35. The van der Waals surface area contributed by atoms with Gasteiger partial charge < -0.3 is 24.3 Å². The number of allylic oxidation sites excluding steroid dienone is 4. The number of anilines is 4. The number of aryl methyl sites for hydroxylation is 3. The van der Waals surface area contributed by atoms with Crippen LogP contribution in [0.1, 0.15) is 158 Å². The number of rotatable bonds is 11. The third-order valence-corrected chi connectivity index (χ3v) is 16.4.